The zero-order valence-corrected chi connectivity index (χ0v) is 10.4. The summed E-state index contributed by atoms with van der Waals surface area (Å²) in [7, 11) is 0. The number of allylic oxidation sites excluding steroid dienone is 1. The number of ketones is 1. The van der Waals surface area contributed by atoms with E-state index in [0.29, 0.717) is 17.4 Å². The Balaban J connectivity index is 1.92. The van der Waals surface area contributed by atoms with E-state index in [9.17, 15) is 4.79 Å². The molecule has 3 aliphatic heterocycles. The number of carbonyl (C=O) groups excluding carboxylic acids is 1. The average molecular weight is 246 g/mol. The number of nitrogens with one attached hydrogen (secondary N) is 1. The highest BCUT2D eigenvalue weighted by molar-refractivity contribution is 6.05. The standard InChI is InChI=1S/C14H18N2O2/c1-2-14(17)13-9-18-8-12(13)11-7-15-16-5-3-10(11)4-6-16/h2,8-11,15H,1,3-7H2. The lowest BCUT2D eigenvalue weighted by molar-refractivity contribution is 0.104. The highest BCUT2D eigenvalue weighted by atomic mass is 16.3. The van der Waals surface area contributed by atoms with Gasteiger partial charge in [-0.1, -0.05) is 6.58 Å². The largest absolute Gasteiger partial charge is 0.472 e. The van der Waals surface area contributed by atoms with Crippen molar-refractivity contribution in [2.75, 3.05) is 19.6 Å². The quantitative estimate of drug-likeness (QED) is 0.654. The van der Waals surface area contributed by atoms with Crippen LogP contribution in [0.5, 0.6) is 0 Å². The van der Waals surface area contributed by atoms with E-state index in [1.807, 2.05) is 0 Å². The first kappa shape index (κ1) is 11.7. The van der Waals surface area contributed by atoms with E-state index in [-0.39, 0.29) is 5.78 Å². The van der Waals surface area contributed by atoms with Crippen LogP contribution in [0.25, 0.3) is 0 Å². The smallest absolute Gasteiger partial charge is 0.188 e. The molecule has 18 heavy (non-hydrogen) atoms. The first-order valence-corrected chi connectivity index (χ1v) is 6.51. The van der Waals surface area contributed by atoms with Gasteiger partial charge >= 0.3 is 0 Å². The third-order valence-electron chi connectivity index (χ3n) is 4.19. The lowest BCUT2D eigenvalue weighted by Gasteiger charge is -2.28. The molecule has 0 amide bonds. The molecule has 0 radical (unpaired) electrons. The molecule has 1 unspecified atom stereocenters. The molecule has 0 saturated carbocycles. The van der Waals surface area contributed by atoms with E-state index in [4.69, 9.17) is 4.42 Å². The SMILES string of the molecule is C=CC(=O)c1cocc1C1CNN2CCC1CC2. The number of fused-ring (bicyclic) bond motifs is 4. The van der Waals surface area contributed by atoms with Crippen molar-refractivity contribution in [3.05, 3.63) is 36.3 Å². The van der Waals surface area contributed by atoms with Crippen molar-refractivity contribution in [3.8, 4) is 0 Å². The second kappa shape index (κ2) is 4.71. The Morgan fingerprint density at radius 3 is 2.94 bits per heavy atom. The van der Waals surface area contributed by atoms with Crippen LogP contribution in [0.1, 0.15) is 34.7 Å². The Morgan fingerprint density at radius 2 is 2.22 bits per heavy atom. The molecule has 1 aromatic heterocycles. The van der Waals surface area contributed by atoms with Gasteiger partial charge in [-0.15, -0.1) is 0 Å². The van der Waals surface area contributed by atoms with Crippen LogP contribution in [-0.2, 0) is 0 Å². The van der Waals surface area contributed by atoms with Crippen LogP contribution >= 0.6 is 0 Å². The number of nitrogens with zero attached hydrogens (tertiary/aromatic N) is 1. The second-order valence-corrected chi connectivity index (χ2v) is 5.10. The maximum Gasteiger partial charge on any atom is 0.188 e. The molecule has 1 atom stereocenters. The molecule has 96 valence electrons. The fourth-order valence-electron chi connectivity index (χ4n) is 3.12. The Hall–Kier alpha value is -1.39. The summed E-state index contributed by atoms with van der Waals surface area (Å²) in [4.78, 5) is 11.8. The van der Waals surface area contributed by atoms with Gasteiger partial charge in [-0.2, -0.15) is 0 Å². The molecule has 3 fully saturated rings. The zero-order valence-electron chi connectivity index (χ0n) is 10.4. The lowest BCUT2D eigenvalue weighted by atomic mass is 9.80. The molecule has 0 aliphatic carbocycles. The summed E-state index contributed by atoms with van der Waals surface area (Å²) >= 11 is 0. The van der Waals surface area contributed by atoms with Crippen LogP contribution in [0.15, 0.2) is 29.6 Å². The van der Waals surface area contributed by atoms with Crippen molar-refractivity contribution in [1.82, 2.24) is 10.4 Å². The Bertz CT molecular complexity index is 458. The Kier molecular flexibility index (Phi) is 3.06. The van der Waals surface area contributed by atoms with E-state index in [1.165, 1.54) is 18.9 Å². The van der Waals surface area contributed by atoms with E-state index in [1.54, 1.807) is 12.5 Å². The van der Waals surface area contributed by atoms with Crippen LogP contribution in [0.4, 0.5) is 0 Å². The van der Waals surface area contributed by atoms with E-state index >= 15 is 0 Å². The maximum atomic E-state index is 11.8. The van der Waals surface area contributed by atoms with Crippen LogP contribution in [-0.4, -0.2) is 30.4 Å². The summed E-state index contributed by atoms with van der Waals surface area (Å²) in [6, 6.07) is 0. The van der Waals surface area contributed by atoms with Crippen molar-refractivity contribution < 1.29 is 9.21 Å². The number of hydrogen-bond donors (Lipinski definition) is 1. The first-order valence-electron chi connectivity index (χ1n) is 6.51. The van der Waals surface area contributed by atoms with Crippen LogP contribution in [0.3, 0.4) is 0 Å². The summed E-state index contributed by atoms with van der Waals surface area (Å²) < 4.78 is 5.26. The number of rotatable bonds is 3. The van der Waals surface area contributed by atoms with E-state index in [2.05, 4.69) is 17.0 Å². The van der Waals surface area contributed by atoms with Gasteiger partial charge in [0.2, 0.25) is 0 Å². The molecule has 3 saturated heterocycles. The third kappa shape index (κ3) is 1.91. The number of furan rings is 1. The van der Waals surface area contributed by atoms with Gasteiger partial charge in [0, 0.05) is 31.1 Å². The summed E-state index contributed by atoms with van der Waals surface area (Å²) in [6.45, 7) is 6.65. The van der Waals surface area contributed by atoms with Crippen molar-refractivity contribution in [3.63, 3.8) is 0 Å². The van der Waals surface area contributed by atoms with Crippen molar-refractivity contribution in [2.24, 2.45) is 5.92 Å². The fourth-order valence-corrected chi connectivity index (χ4v) is 3.12. The Labute approximate surface area is 107 Å². The number of hydrogen-bond acceptors (Lipinski definition) is 4. The first-order chi connectivity index (χ1) is 8.79. The minimum absolute atomic E-state index is 0.0437. The monoisotopic (exact) mass is 246 g/mol. The van der Waals surface area contributed by atoms with Crippen LogP contribution in [0.2, 0.25) is 0 Å². The molecule has 1 aromatic rings. The topological polar surface area (TPSA) is 45.5 Å². The predicted molar refractivity (Wildman–Crippen MR) is 68.3 cm³/mol. The highest BCUT2D eigenvalue weighted by Gasteiger charge is 2.34. The molecule has 1 N–H and O–H groups in total. The van der Waals surface area contributed by atoms with Gasteiger partial charge in [0.05, 0.1) is 11.8 Å². The molecule has 2 bridgehead atoms. The second-order valence-electron chi connectivity index (χ2n) is 5.10. The minimum Gasteiger partial charge on any atom is -0.472 e. The van der Waals surface area contributed by atoms with Gasteiger partial charge in [-0.25, -0.2) is 5.01 Å². The van der Waals surface area contributed by atoms with Crippen molar-refractivity contribution in [2.45, 2.75) is 18.8 Å². The average Bonchev–Trinajstić information content (AvgIpc) is 2.71. The van der Waals surface area contributed by atoms with E-state index < -0.39 is 0 Å². The molecule has 4 nitrogen and oxygen atoms in total. The predicted octanol–water partition coefficient (Wildman–Crippen LogP) is 1.96. The van der Waals surface area contributed by atoms with Gasteiger partial charge in [-0.3, -0.25) is 10.2 Å². The van der Waals surface area contributed by atoms with Gasteiger partial charge < -0.3 is 4.42 Å². The van der Waals surface area contributed by atoms with Gasteiger partial charge in [0.1, 0.15) is 6.26 Å². The number of carbonyl (C=O) groups is 1. The number of hydrazine groups is 1. The normalized spacial score (nSPS) is 31.0. The lowest BCUT2D eigenvalue weighted by Crippen LogP contribution is -2.39. The molecular weight excluding hydrogens is 228 g/mol. The minimum atomic E-state index is -0.0437. The molecular formula is C14H18N2O2. The molecule has 4 heteroatoms. The molecule has 3 aliphatic rings. The van der Waals surface area contributed by atoms with Gasteiger partial charge in [-0.05, 0) is 24.8 Å². The Morgan fingerprint density at radius 1 is 1.44 bits per heavy atom. The van der Waals surface area contributed by atoms with Crippen LogP contribution < -0.4 is 5.43 Å². The summed E-state index contributed by atoms with van der Waals surface area (Å²) in [5, 5.41) is 2.28. The summed E-state index contributed by atoms with van der Waals surface area (Å²) in [5.41, 5.74) is 5.17. The maximum absolute atomic E-state index is 11.8. The number of piperidine rings is 1. The molecule has 4 rings (SSSR count). The van der Waals surface area contributed by atoms with Crippen molar-refractivity contribution >= 4 is 5.78 Å². The molecule has 0 spiro atoms. The third-order valence-corrected chi connectivity index (χ3v) is 4.19. The van der Waals surface area contributed by atoms with Gasteiger partial charge in [0.25, 0.3) is 0 Å². The van der Waals surface area contributed by atoms with Crippen LogP contribution in [0, 0.1) is 5.92 Å². The van der Waals surface area contributed by atoms with Crippen molar-refractivity contribution in [1.29, 1.82) is 0 Å². The molecule has 0 aromatic carbocycles. The van der Waals surface area contributed by atoms with E-state index in [0.717, 1.165) is 25.2 Å². The highest BCUT2D eigenvalue weighted by Crippen LogP contribution is 2.36. The summed E-state index contributed by atoms with van der Waals surface area (Å²) in [6.07, 6.45) is 7.02. The van der Waals surface area contributed by atoms with Gasteiger partial charge in [0.15, 0.2) is 5.78 Å². The summed E-state index contributed by atoms with van der Waals surface area (Å²) in [5.74, 6) is 0.971. The molecule has 4 heterocycles. The zero-order chi connectivity index (χ0) is 12.5. The fraction of sp³-hybridized carbons (Fsp3) is 0.500.